The first-order valence-electron chi connectivity index (χ1n) is 5.52. The molecule has 0 aromatic carbocycles. The van der Waals surface area contributed by atoms with Crippen LogP contribution in [0.4, 0.5) is 0 Å². The van der Waals surface area contributed by atoms with E-state index in [1.165, 1.54) is 0 Å². The second-order valence-electron chi connectivity index (χ2n) is 3.96. The number of hydrogen-bond donors (Lipinski definition) is 1. The molecule has 16 heavy (non-hydrogen) atoms. The van der Waals surface area contributed by atoms with Gasteiger partial charge in [0.15, 0.2) is 0 Å². The molecule has 0 saturated carbocycles. The van der Waals surface area contributed by atoms with E-state index in [0.717, 1.165) is 12.2 Å². The molecule has 90 valence electrons. The van der Waals surface area contributed by atoms with Crippen LogP contribution in [0.1, 0.15) is 19.5 Å². The monoisotopic (exact) mass is 224 g/mol. The Morgan fingerprint density at radius 1 is 1.44 bits per heavy atom. The van der Waals surface area contributed by atoms with Gasteiger partial charge in [0.05, 0.1) is 19.4 Å². The lowest BCUT2D eigenvalue weighted by Gasteiger charge is -2.25. The lowest BCUT2D eigenvalue weighted by atomic mass is 10.2. The van der Waals surface area contributed by atoms with E-state index in [1.807, 2.05) is 18.2 Å². The van der Waals surface area contributed by atoms with E-state index in [9.17, 15) is 0 Å². The van der Waals surface area contributed by atoms with Gasteiger partial charge in [-0.2, -0.15) is 0 Å². The summed E-state index contributed by atoms with van der Waals surface area (Å²) in [7, 11) is 1.61. The second-order valence-corrected chi connectivity index (χ2v) is 3.96. The van der Waals surface area contributed by atoms with Crippen LogP contribution in [0.2, 0.25) is 0 Å². The van der Waals surface area contributed by atoms with Crippen molar-refractivity contribution in [2.24, 2.45) is 0 Å². The molecule has 0 saturated heterocycles. The molecule has 1 aromatic rings. The maximum absolute atomic E-state index is 8.98. The van der Waals surface area contributed by atoms with Crippen molar-refractivity contribution in [3.8, 4) is 5.88 Å². The van der Waals surface area contributed by atoms with Gasteiger partial charge in [-0.1, -0.05) is 6.07 Å². The Hall–Kier alpha value is -1.13. The third-order valence-corrected chi connectivity index (χ3v) is 2.47. The van der Waals surface area contributed by atoms with Gasteiger partial charge in [-0.15, -0.1) is 0 Å². The SMILES string of the molecule is COc1cccc(CN(CCO)C(C)C)n1. The Kier molecular flexibility index (Phi) is 5.22. The molecule has 0 unspecified atom stereocenters. The topological polar surface area (TPSA) is 45.6 Å². The van der Waals surface area contributed by atoms with Crippen LogP contribution in [-0.4, -0.2) is 41.3 Å². The highest BCUT2D eigenvalue weighted by Crippen LogP contribution is 2.10. The minimum absolute atomic E-state index is 0.169. The molecule has 0 aliphatic carbocycles. The molecule has 0 radical (unpaired) electrons. The Labute approximate surface area is 96.9 Å². The first-order valence-corrected chi connectivity index (χ1v) is 5.52. The first kappa shape index (κ1) is 12.9. The van der Waals surface area contributed by atoms with E-state index in [0.29, 0.717) is 18.5 Å². The summed E-state index contributed by atoms with van der Waals surface area (Å²) in [5.41, 5.74) is 0.960. The summed E-state index contributed by atoms with van der Waals surface area (Å²) < 4.78 is 5.08. The summed E-state index contributed by atoms with van der Waals surface area (Å²) in [4.78, 5) is 6.52. The second kappa shape index (κ2) is 6.45. The zero-order chi connectivity index (χ0) is 12.0. The van der Waals surface area contributed by atoms with Crippen LogP contribution in [0.25, 0.3) is 0 Å². The number of aliphatic hydroxyl groups excluding tert-OH is 1. The molecule has 1 rings (SSSR count). The number of ether oxygens (including phenoxy) is 1. The summed E-state index contributed by atoms with van der Waals surface area (Å²) in [6.45, 7) is 5.78. The van der Waals surface area contributed by atoms with Crippen LogP contribution in [0.3, 0.4) is 0 Å². The minimum Gasteiger partial charge on any atom is -0.481 e. The van der Waals surface area contributed by atoms with Gasteiger partial charge in [0.1, 0.15) is 0 Å². The number of pyridine rings is 1. The molecule has 1 aromatic heterocycles. The average molecular weight is 224 g/mol. The van der Waals surface area contributed by atoms with Crippen molar-refractivity contribution in [1.29, 1.82) is 0 Å². The van der Waals surface area contributed by atoms with Crippen LogP contribution in [0.5, 0.6) is 5.88 Å². The predicted molar refractivity (Wildman–Crippen MR) is 63.4 cm³/mol. The molecule has 0 spiro atoms. The normalized spacial score (nSPS) is 11.1. The molecule has 0 amide bonds. The molecule has 4 nitrogen and oxygen atoms in total. The van der Waals surface area contributed by atoms with E-state index < -0.39 is 0 Å². The van der Waals surface area contributed by atoms with Gasteiger partial charge in [0.25, 0.3) is 0 Å². The quantitative estimate of drug-likeness (QED) is 0.791. The molecule has 4 heteroatoms. The molecule has 1 heterocycles. The highest BCUT2D eigenvalue weighted by molar-refractivity contribution is 5.15. The molecule has 0 bridgehead atoms. The lowest BCUT2D eigenvalue weighted by molar-refractivity contribution is 0.157. The third kappa shape index (κ3) is 3.79. The van der Waals surface area contributed by atoms with E-state index >= 15 is 0 Å². The van der Waals surface area contributed by atoms with Crippen molar-refractivity contribution >= 4 is 0 Å². The van der Waals surface area contributed by atoms with Crippen molar-refractivity contribution < 1.29 is 9.84 Å². The maximum atomic E-state index is 8.98. The van der Waals surface area contributed by atoms with Gasteiger partial charge < -0.3 is 9.84 Å². The fourth-order valence-electron chi connectivity index (χ4n) is 1.52. The summed E-state index contributed by atoms with van der Waals surface area (Å²) in [5.74, 6) is 0.630. The Morgan fingerprint density at radius 2 is 2.19 bits per heavy atom. The Morgan fingerprint density at radius 3 is 2.75 bits per heavy atom. The zero-order valence-corrected chi connectivity index (χ0v) is 10.2. The third-order valence-electron chi connectivity index (χ3n) is 2.47. The summed E-state index contributed by atoms with van der Waals surface area (Å²) in [6.07, 6.45) is 0. The summed E-state index contributed by atoms with van der Waals surface area (Å²) in [6, 6.07) is 6.11. The van der Waals surface area contributed by atoms with E-state index in [2.05, 4.69) is 23.7 Å². The number of rotatable bonds is 6. The van der Waals surface area contributed by atoms with Gasteiger partial charge in [-0.05, 0) is 19.9 Å². The fourth-order valence-corrected chi connectivity index (χ4v) is 1.52. The van der Waals surface area contributed by atoms with Crippen molar-refractivity contribution in [2.45, 2.75) is 26.4 Å². The lowest BCUT2D eigenvalue weighted by Crippen LogP contribution is -2.33. The van der Waals surface area contributed by atoms with E-state index in [-0.39, 0.29) is 6.61 Å². The molecular weight excluding hydrogens is 204 g/mol. The van der Waals surface area contributed by atoms with Gasteiger partial charge in [-0.25, -0.2) is 4.98 Å². The number of nitrogens with zero attached hydrogens (tertiary/aromatic N) is 2. The summed E-state index contributed by atoms with van der Waals surface area (Å²) in [5, 5.41) is 8.98. The van der Waals surface area contributed by atoms with Crippen molar-refractivity contribution in [1.82, 2.24) is 9.88 Å². The number of aromatic nitrogens is 1. The number of hydrogen-bond acceptors (Lipinski definition) is 4. The molecule has 0 aliphatic heterocycles. The first-order chi connectivity index (χ1) is 7.67. The highest BCUT2D eigenvalue weighted by Gasteiger charge is 2.10. The predicted octanol–water partition coefficient (Wildman–Crippen LogP) is 1.29. The van der Waals surface area contributed by atoms with Crippen LogP contribution >= 0.6 is 0 Å². The molecule has 1 N–H and O–H groups in total. The molecular formula is C12H20N2O2. The van der Waals surface area contributed by atoms with Crippen LogP contribution in [-0.2, 0) is 6.54 Å². The molecule has 0 fully saturated rings. The van der Waals surface area contributed by atoms with Gasteiger partial charge in [0, 0.05) is 25.2 Å². The Balaban J connectivity index is 2.68. The number of methoxy groups -OCH3 is 1. The molecule has 0 atom stereocenters. The standard InChI is InChI=1S/C12H20N2O2/c1-10(2)14(7-8-15)9-11-5-4-6-12(13-11)16-3/h4-6,10,15H,7-9H2,1-3H3. The van der Waals surface area contributed by atoms with Gasteiger partial charge in [-0.3, -0.25) is 4.90 Å². The highest BCUT2D eigenvalue weighted by atomic mass is 16.5. The summed E-state index contributed by atoms with van der Waals surface area (Å²) >= 11 is 0. The largest absolute Gasteiger partial charge is 0.481 e. The van der Waals surface area contributed by atoms with Crippen molar-refractivity contribution in [3.63, 3.8) is 0 Å². The van der Waals surface area contributed by atoms with Crippen LogP contribution in [0.15, 0.2) is 18.2 Å². The Bertz CT molecular complexity index is 316. The smallest absolute Gasteiger partial charge is 0.213 e. The van der Waals surface area contributed by atoms with E-state index in [4.69, 9.17) is 9.84 Å². The van der Waals surface area contributed by atoms with Crippen LogP contribution < -0.4 is 4.74 Å². The number of aliphatic hydroxyl groups is 1. The van der Waals surface area contributed by atoms with Crippen molar-refractivity contribution in [3.05, 3.63) is 23.9 Å². The average Bonchev–Trinajstić information content (AvgIpc) is 2.28. The van der Waals surface area contributed by atoms with Crippen LogP contribution in [0, 0.1) is 0 Å². The molecule has 0 aliphatic rings. The van der Waals surface area contributed by atoms with Crippen molar-refractivity contribution in [2.75, 3.05) is 20.3 Å². The fraction of sp³-hybridized carbons (Fsp3) is 0.583. The van der Waals surface area contributed by atoms with Gasteiger partial charge >= 0.3 is 0 Å². The van der Waals surface area contributed by atoms with Gasteiger partial charge in [0.2, 0.25) is 5.88 Å². The maximum Gasteiger partial charge on any atom is 0.213 e. The van der Waals surface area contributed by atoms with E-state index in [1.54, 1.807) is 7.11 Å². The minimum atomic E-state index is 0.169. The zero-order valence-electron chi connectivity index (χ0n) is 10.2.